The minimum Gasteiger partial charge on any atom is -0.493 e. The molecule has 30 heavy (non-hydrogen) atoms. The van der Waals surface area contributed by atoms with Gasteiger partial charge in [0.25, 0.3) is 0 Å². The standard InChI is InChI=1S/C16H15ClN4O2.C2HF3O2/c17-12-7-10-3-6-22-16(10)11(8-12)9-14-20-15(23-21-14)2-1-13-18-4-5-19-13;3-2(4,5)1(6)7/h4-5,7-8H,1-3,6,9H2,(H,18,19);(H,6,7). The number of aliphatic carboxylic acids is 1. The summed E-state index contributed by atoms with van der Waals surface area (Å²) in [4.78, 5) is 20.6. The van der Waals surface area contributed by atoms with Crippen LogP contribution >= 0.6 is 11.6 Å². The van der Waals surface area contributed by atoms with E-state index in [-0.39, 0.29) is 0 Å². The number of nitrogens with zero attached hydrogens (tertiary/aromatic N) is 3. The van der Waals surface area contributed by atoms with Crippen LogP contribution in [-0.4, -0.2) is 44.0 Å². The van der Waals surface area contributed by atoms with Gasteiger partial charge in [-0.3, -0.25) is 0 Å². The second-order valence-corrected chi connectivity index (χ2v) is 6.71. The Hall–Kier alpha value is -3.08. The second kappa shape index (κ2) is 9.16. The first kappa shape index (κ1) is 21.6. The Morgan fingerprint density at radius 1 is 1.30 bits per heavy atom. The summed E-state index contributed by atoms with van der Waals surface area (Å²) in [7, 11) is 0. The molecule has 160 valence electrons. The number of benzene rings is 1. The van der Waals surface area contributed by atoms with E-state index >= 15 is 0 Å². The van der Waals surface area contributed by atoms with E-state index < -0.39 is 12.1 Å². The zero-order valence-corrected chi connectivity index (χ0v) is 16.1. The van der Waals surface area contributed by atoms with Gasteiger partial charge < -0.3 is 19.4 Å². The first-order chi connectivity index (χ1) is 14.2. The summed E-state index contributed by atoms with van der Waals surface area (Å²) in [6.45, 7) is 0.698. The van der Waals surface area contributed by atoms with Crippen LogP contribution in [0.15, 0.2) is 29.0 Å². The van der Waals surface area contributed by atoms with Crippen LogP contribution in [0.4, 0.5) is 13.2 Å². The van der Waals surface area contributed by atoms with Gasteiger partial charge in [0.15, 0.2) is 5.82 Å². The van der Waals surface area contributed by atoms with E-state index in [1.807, 2.05) is 12.1 Å². The molecule has 0 radical (unpaired) electrons. The zero-order chi connectivity index (χ0) is 21.7. The summed E-state index contributed by atoms with van der Waals surface area (Å²) in [5, 5.41) is 11.9. The van der Waals surface area contributed by atoms with Gasteiger partial charge in [-0.2, -0.15) is 18.2 Å². The number of imidazole rings is 1. The maximum absolute atomic E-state index is 10.6. The number of carboxylic acids is 1. The molecule has 12 heteroatoms. The fourth-order valence-electron chi connectivity index (χ4n) is 2.77. The van der Waals surface area contributed by atoms with Crippen LogP contribution in [0.3, 0.4) is 0 Å². The predicted molar refractivity (Wildman–Crippen MR) is 97.4 cm³/mol. The molecule has 0 atom stereocenters. The van der Waals surface area contributed by atoms with E-state index in [1.165, 1.54) is 0 Å². The molecule has 0 amide bonds. The Morgan fingerprint density at radius 2 is 2.07 bits per heavy atom. The van der Waals surface area contributed by atoms with Crippen LogP contribution in [0, 0.1) is 0 Å². The molecule has 0 aliphatic carbocycles. The van der Waals surface area contributed by atoms with Crippen molar-refractivity contribution >= 4 is 17.6 Å². The Labute approximate surface area is 173 Å². The average molecular weight is 445 g/mol. The lowest BCUT2D eigenvalue weighted by atomic mass is 10.1. The van der Waals surface area contributed by atoms with Gasteiger partial charge in [-0.15, -0.1) is 0 Å². The molecule has 1 aromatic carbocycles. The maximum atomic E-state index is 10.6. The largest absolute Gasteiger partial charge is 0.493 e. The summed E-state index contributed by atoms with van der Waals surface area (Å²) >= 11 is 6.18. The molecule has 1 aliphatic heterocycles. The lowest BCUT2D eigenvalue weighted by molar-refractivity contribution is -0.192. The molecule has 0 bridgehead atoms. The Bertz CT molecular complexity index is 1010. The molecular formula is C18H16ClF3N4O4. The highest BCUT2D eigenvalue weighted by atomic mass is 35.5. The summed E-state index contributed by atoms with van der Waals surface area (Å²) in [6, 6.07) is 3.86. The molecule has 3 heterocycles. The average Bonchev–Trinajstić information content (AvgIpc) is 3.41. The number of carbonyl (C=O) groups is 1. The fourth-order valence-corrected chi connectivity index (χ4v) is 3.03. The van der Waals surface area contributed by atoms with Gasteiger partial charge in [0.1, 0.15) is 11.6 Å². The highest BCUT2D eigenvalue weighted by Crippen LogP contribution is 2.33. The fraction of sp³-hybridized carbons (Fsp3) is 0.333. The number of carboxylic acid groups (broad SMARTS) is 1. The van der Waals surface area contributed by atoms with Gasteiger partial charge in [-0.1, -0.05) is 16.8 Å². The van der Waals surface area contributed by atoms with Crippen LogP contribution in [-0.2, 0) is 30.5 Å². The first-order valence-electron chi connectivity index (χ1n) is 8.76. The minimum absolute atomic E-state index is 0.549. The van der Waals surface area contributed by atoms with Gasteiger partial charge in [-0.25, -0.2) is 9.78 Å². The highest BCUT2D eigenvalue weighted by molar-refractivity contribution is 6.30. The number of H-pyrrole nitrogens is 1. The molecule has 1 aliphatic rings. The van der Waals surface area contributed by atoms with Crippen molar-refractivity contribution < 1.29 is 32.3 Å². The monoisotopic (exact) mass is 444 g/mol. The number of hydrogen-bond donors (Lipinski definition) is 2. The van der Waals surface area contributed by atoms with Crippen molar-refractivity contribution in [3.05, 3.63) is 58.2 Å². The number of aromatic nitrogens is 4. The van der Waals surface area contributed by atoms with Gasteiger partial charge in [0.2, 0.25) is 5.89 Å². The molecule has 3 aromatic rings. The number of hydrogen-bond acceptors (Lipinski definition) is 6. The van der Waals surface area contributed by atoms with E-state index in [4.69, 9.17) is 30.8 Å². The summed E-state index contributed by atoms with van der Waals surface area (Å²) in [6.07, 6.45) is 1.29. The van der Waals surface area contributed by atoms with E-state index in [0.29, 0.717) is 36.2 Å². The van der Waals surface area contributed by atoms with E-state index in [0.717, 1.165) is 35.5 Å². The lowest BCUT2D eigenvalue weighted by Crippen LogP contribution is -2.21. The van der Waals surface area contributed by atoms with Crippen molar-refractivity contribution in [2.45, 2.75) is 31.9 Å². The molecule has 0 fully saturated rings. The number of halogens is 4. The molecule has 0 saturated heterocycles. The summed E-state index contributed by atoms with van der Waals surface area (Å²) in [5.74, 6) is 0.310. The number of nitrogens with one attached hydrogen (secondary N) is 1. The van der Waals surface area contributed by atoms with Crippen LogP contribution in [0.25, 0.3) is 0 Å². The number of fused-ring (bicyclic) bond motifs is 1. The molecule has 0 spiro atoms. The van der Waals surface area contributed by atoms with Gasteiger partial charge >= 0.3 is 12.1 Å². The molecule has 0 unspecified atom stereocenters. The van der Waals surface area contributed by atoms with Crippen molar-refractivity contribution in [3.63, 3.8) is 0 Å². The summed E-state index contributed by atoms with van der Waals surface area (Å²) in [5.41, 5.74) is 2.15. The Balaban J connectivity index is 0.000000318. The van der Waals surface area contributed by atoms with Gasteiger partial charge in [0, 0.05) is 48.7 Å². The van der Waals surface area contributed by atoms with Crippen LogP contribution < -0.4 is 4.74 Å². The molecule has 2 N–H and O–H groups in total. The third kappa shape index (κ3) is 5.72. The van der Waals surface area contributed by atoms with Crippen molar-refractivity contribution in [1.82, 2.24) is 20.1 Å². The molecular weight excluding hydrogens is 429 g/mol. The quantitative estimate of drug-likeness (QED) is 0.620. The van der Waals surface area contributed by atoms with Crippen LogP contribution in [0.5, 0.6) is 5.75 Å². The lowest BCUT2D eigenvalue weighted by Gasteiger charge is -2.06. The van der Waals surface area contributed by atoms with Crippen LogP contribution in [0.1, 0.15) is 28.7 Å². The van der Waals surface area contributed by atoms with Crippen molar-refractivity contribution in [2.24, 2.45) is 0 Å². The highest BCUT2D eigenvalue weighted by Gasteiger charge is 2.38. The van der Waals surface area contributed by atoms with E-state index in [1.54, 1.807) is 12.4 Å². The van der Waals surface area contributed by atoms with Crippen molar-refractivity contribution in [1.29, 1.82) is 0 Å². The Morgan fingerprint density at radius 3 is 2.73 bits per heavy atom. The van der Waals surface area contributed by atoms with Crippen molar-refractivity contribution in [3.8, 4) is 5.75 Å². The number of aryl methyl sites for hydroxylation is 2. The predicted octanol–water partition coefficient (Wildman–Crippen LogP) is 3.39. The number of ether oxygens (including phenoxy) is 1. The minimum atomic E-state index is -5.08. The van der Waals surface area contributed by atoms with E-state index in [2.05, 4.69) is 20.1 Å². The van der Waals surface area contributed by atoms with Crippen molar-refractivity contribution in [2.75, 3.05) is 6.61 Å². The number of alkyl halides is 3. The van der Waals surface area contributed by atoms with Crippen LogP contribution in [0.2, 0.25) is 5.02 Å². The second-order valence-electron chi connectivity index (χ2n) is 6.27. The van der Waals surface area contributed by atoms with Gasteiger partial charge in [-0.05, 0) is 17.7 Å². The molecule has 8 nitrogen and oxygen atoms in total. The summed E-state index contributed by atoms with van der Waals surface area (Å²) < 4.78 is 42.7. The molecule has 4 rings (SSSR count). The van der Waals surface area contributed by atoms with E-state index in [9.17, 15) is 13.2 Å². The zero-order valence-electron chi connectivity index (χ0n) is 15.4. The molecule has 0 saturated carbocycles. The molecule has 2 aromatic heterocycles. The third-order valence-electron chi connectivity index (χ3n) is 4.06. The normalized spacial score (nSPS) is 12.7. The maximum Gasteiger partial charge on any atom is 0.490 e. The van der Waals surface area contributed by atoms with Gasteiger partial charge in [0.05, 0.1) is 6.61 Å². The first-order valence-corrected chi connectivity index (χ1v) is 9.14. The smallest absolute Gasteiger partial charge is 0.490 e. The number of aromatic amines is 1. The SMILES string of the molecule is Clc1cc2c(c(Cc3noc(CCc4ncc[nH]4)n3)c1)OCC2.O=C(O)C(F)(F)F. The topological polar surface area (TPSA) is 114 Å². The Kier molecular flexibility index (Phi) is 6.60. The third-order valence-corrected chi connectivity index (χ3v) is 4.28. The number of rotatable bonds is 5.